The van der Waals surface area contributed by atoms with Crippen molar-refractivity contribution in [1.82, 2.24) is 0 Å². The summed E-state index contributed by atoms with van der Waals surface area (Å²) >= 11 is 0. The standard InChI is InChI=1S/C15H26O2/c1-10-12-9-11(14(2,3)17)5-7-15(12,4)8-6-13(10)16/h11,13,16-17H,5-9H2,1-4H3/t11-,13?,15-/m1/s1. The smallest absolute Gasteiger partial charge is 0.0750 e. The molecule has 0 aromatic carbocycles. The van der Waals surface area contributed by atoms with E-state index >= 15 is 0 Å². The molecule has 0 radical (unpaired) electrons. The number of fused-ring (bicyclic) bond motifs is 1. The Kier molecular flexibility index (Phi) is 3.16. The molecule has 0 amide bonds. The molecule has 0 bridgehead atoms. The SMILES string of the molecule is CC1=C2C[C@H](C(C)(C)O)CC[C@]2(C)CCC1O. The quantitative estimate of drug-likeness (QED) is 0.689. The first-order valence-electron chi connectivity index (χ1n) is 6.84. The van der Waals surface area contributed by atoms with Gasteiger partial charge in [0.05, 0.1) is 11.7 Å². The van der Waals surface area contributed by atoms with Gasteiger partial charge in [0.2, 0.25) is 0 Å². The van der Waals surface area contributed by atoms with Crippen LogP contribution in [0.2, 0.25) is 0 Å². The van der Waals surface area contributed by atoms with Gasteiger partial charge < -0.3 is 10.2 Å². The zero-order valence-electron chi connectivity index (χ0n) is 11.6. The first kappa shape index (κ1) is 13.1. The number of rotatable bonds is 1. The van der Waals surface area contributed by atoms with E-state index in [0.717, 1.165) is 32.1 Å². The lowest BCUT2D eigenvalue weighted by atomic mass is 9.59. The molecule has 0 heterocycles. The average Bonchev–Trinajstić information content (AvgIpc) is 2.22. The number of aliphatic hydroxyl groups excluding tert-OH is 1. The molecule has 1 unspecified atom stereocenters. The van der Waals surface area contributed by atoms with E-state index in [1.807, 2.05) is 13.8 Å². The molecule has 1 saturated carbocycles. The van der Waals surface area contributed by atoms with Crippen molar-refractivity contribution in [3.63, 3.8) is 0 Å². The summed E-state index contributed by atoms with van der Waals surface area (Å²) in [5, 5.41) is 20.2. The van der Waals surface area contributed by atoms with Gasteiger partial charge in [0.1, 0.15) is 0 Å². The summed E-state index contributed by atoms with van der Waals surface area (Å²) in [6, 6.07) is 0. The predicted molar refractivity (Wildman–Crippen MR) is 69.7 cm³/mol. The first-order chi connectivity index (χ1) is 7.74. The van der Waals surface area contributed by atoms with Crippen molar-refractivity contribution in [2.75, 3.05) is 0 Å². The van der Waals surface area contributed by atoms with Crippen molar-refractivity contribution >= 4 is 0 Å². The molecule has 2 rings (SSSR count). The van der Waals surface area contributed by atoms with Gasteiger partial charge in [0.15, 0.2) is 0 Å². The molecule has 17 heavy (non-hydrogen) atoms. The zero-order valence-corrected chi connectivity index (χ0v) is 11.6. The first-order valence-corrected chi connectivity index (χ1v) is 6.84. The van der Waals surface area contributed by atoms with Gasteiger partial charge in [0, 0.05) is 0 Å². The van der Waals surface area contributed by atoms with E-state index in [4.69, 9.17) is 0 Å². The summed E-state index contributed by atoms with van der Waals surface area (Å²) < 4.78 is 0. The van der Waals surface area contributed by atoms with Crippen molar-refractivity contribution in [1.29, 1.82) is 0 Å². The molecular weight excluding hydrogens is 212 g/mol. The van der Waals surface area contributed by atoms with E-state index in [0.29, 0.717) is 5.92 Å². The molecule has 1 fully saturated rings. The van der Waals surface area contributed by atoms with Crippen LogP contribution < -0.4 is 0 Å². The molecule has 2 N–H and O–H groups in total. The third kappa shape index (κ3) is 2.30. The molecule has 2 heteroatoms. The predicted octanol–water partition coefficient (Wildman–Crippen LogP) is 3.03. The highest BCUT2D eigenvalue weighted by Crippen LogP contribution is 2.52. The molecule has 0 aromatic heterocycles. The van der Waals surface area contributed by atoms with Crippen LogP contribution >= 0.6 is 0 Å². The molecule has 2 nitrogen and oxygen atoms in total. The van der Waals surface area contributed by atoms with Crippen LogP contribution in [-0.2, 0) is 0 Å². The lowest BCUT2D eigenvalue weighted by molar-refractivity contribution is -0.00731. The van der Waals surface area contributed by atoms with Gasteiger partial charge in [-0.2, -0.15) is 0 Å². The van der Waals surface area contributed by atoms with Gasteiger partial charge >= 0.3 is 0 Å². The van der Waals surface area contributed by atoms with Gasteiger partial charge in [-0.15, -0.1) is 0 Å². The lowest BCUT2D eigenvalue weighted by Crippen LogP contribution is -2.41. The molecule has 98 valence electrons. The second kappa shape index (κ2) is 4.10. The lowest BCUT2D eigenvalue weighted by Gasteiger charge is -2.47. The van der Waals surface area contributed by atoms with E-state index in [1.54, 1.807) is 0 Å². The van der Waals surface area contributed by atoms with E-state index in [2.05, 4.69) is 13.8 Å². The third-order valence-electron chi connectivity index (χ3n) is 5.17. The third-order valence-corrected chi connectivity index (χ3v) is 5.17. The van der Waals surface area contributed by atoms with E-state index in [-0.39, 0.29) is 11.5 Å². The van der Waals surface area contributed by atoms with Crippen LogP contribution in [0, 0.1) is 11.3 Å². The molecule has 0 aromatic rings. The number of hydrogen-bond acceptors (Lipinski definition) is 2. The number of hydrogen-bond donors (Lipinski definition) is 2. The summed E-state index contributed by atoms with van der Waals surface area (Å²) in [6.45, 7) is 8.23. The Labute approximate surface area is 105 Å². The van der Waals surface area contributed by atoms with Crippen LogP contribution in [0.25, 0.3) is 0 Å². The molecular formula is C15H26O2. The van der Waals surface area contributed by atoms with Crippen LogP contribution in [0.15, 0.2) is 11.1 Å². The molecule has 3 atom stereocenters. The van der Waals surface area contributed by atoms with Crippen LogP contribution in [0.3, 0.4) is 0 Å². The molecule has 2 aliphatic rings. The highest BCUT2D eigenvalue weighted by Gasteiger charge is 2.43. The second-order valence-corrected chi connectivity index (χ2v) is 6.87. The van der Waals surface area contributed by atoms with Crippen molar-refractivity contribution in [3.05, 3.63) is 11.1 Å². The van der Waals surface area contributed by atoms with Crippen LogP contribution in [0.1, 0.15) is 59.8 Å². The molecule has 0 spiro atoms. The summed E-state index contributed by atoms with van der Waals surface area (Å²) in [4.78, 5) is 0. The van der Waals surface area contributed by atoms with Crippen LogP contribution in [0.4, 0.5) is 0 Å². The maximum absolute atomic E-state index is 10.2. The van der Waals surface area contributed by atoms with Gasteiger partial charge in [-0.25, -0.2) is 0 Å². The fraction of sp³-hybridized carbons (Fsp3) is 0.867. The average molecular weight is 238 g/mol. The van der Waals surface area contributed by atoms with Gasteiger partial charge in [-0.3, -0.25) is 0 Å². The fourth-order valence-corrected chi connectivity index (χ4v) is 3.63. The van der Waals surface area contributed by atoms with E-state index in [1.165, 1.54) is 11.1 Å². The van der Waals surface area contributed by atoms with Gasteiger partial charge in [-0.1, -0.05) is 12.5 Å². The molecule has 0 saturated heterocycles. The maximum Gasteiger partial charge on any atom is 0.0750 e. The normalized spacial score (nSPS) is 39.2. The van der Waals surface area contributed by atoms with Gasteiger partial charge in [-0.05, 0) is 69.8 Å². The molecule has 0 aliphatic heterocycles. The Hall–Kier alpha value is -0.340. The minimum Gasteiger partial charge on any atom is -0.390 e. The van der Waals surface area contributed by atoms with Crippen LogP contribution in [-0.4, -0.2) is 21.9 Å². The number of allylic oxidation sites excluding steroid dienone is 1. The van der Waals surface area contributed by atoms with Crippen molar-refractivity contribution < 1.29 is 10.2 Å². The van der Waals surface area contributed by atoms with E-state index in [9.17, 15) is 10.2 Å². The minimum absolute atomic E-state index is 0.251. The Bertz CT molecular complexity index is 337. The minimum atomic E-state index is -0.600. The van der Waals surface area contributed by atoms with Crippen molar-refractivity contribution in [2.24, 2.45) is 11.3 Å². The van der Waals surface area contributed by atoms with E-state index < -0.39 is 5.60 Å². The summed E-state index contributed by atoms with van der Waals surface area (Å²) in [6.07, 6.45) is 4.97. The number of aliphatic hydroxyl groups is 2. The zero-order chi connectivity index (χ0) is 12.8. The Morgan fingerprint density at radius 1 is 1.24 bits per heavy atom. The Morgan fingerprint density at radius 2 is 1.82 bits per heavy atom. The summed E-state index contributed by atoms with van der Waals surface area (Å²) in [5.74, 6) is 0.339. The van der Waals surface area contributed by atoms with Crippen LogP contribution in [0.5, 0.6) is 0 Å². The fourth-order valence-electron chi connectivity index (χ4n) is 3.63. The Balaban J connectivity index is 2.29. The topological polar surface area (TPSA) is 40.5 Å². The summed E-state index contributed by atoms with van der Waals surface area (Å²) in [5.41, 5.74) is 2.28. The second-order valence-electron chi connectivity index (χ2n) is 6.87. The Morgan fingerprint density at radius 3 is 2.41 bits per heavy atom. The monoisotopic (exact) mass is 238 g/mol. The largest absolute Gasteiger partial charge is 0.390 e. The van der Waals surface area contributed by atoms with Gasteiger partial charge in [0.25, 0.3) is 0 Å². The van der Waals surface area contributed by atoms with Crippen molar-refractivity contribution in [2.45, 2.75) is 71.5 Å². The highest BCUT2D eigenvalue weighted by atomic mass is 16.3. The molecule has 2 aliphatic carbocycles. The summed E-state index contributed by atoms with van der Waals surface area (Å²) in [7, 11) is 0. The highest BCUT2D eigenvalue weighted by molar-refractivity contribution is 5.29. The van der Waals surface area contributed by atoms with Crippen molar-refractivity contribution in [3.8, 4) is 0 Å². The maximum atomic E-state index is 10.2.